The van der Waals surface area contributed by atoms with Gasteiger partial charge in [-0.2, -0.15) is 0 Å². The second kappa shape index (κ2) is 11.8. The Balaban J connectivity index is 1.58. The summed E-state index contributed by atoms with van der Waals surface area (Å²) in [6.45, 7) is 2.44. The topological polar surface area (TPSA) is 111 Å². The van der Waals surface area contributed by atoms with Crippen LogP contribution in [0, 0.1) is 12.8 Å². The molecule has 2 heterocycles. The first-order valence-electron chi connectivity index (χ1n) is 13.5. The zero-order chi connectivity index (χ0) is 29.3. The molecule has 0 saturated carbocycles. The molecule has 3 N–H and O–H groups in total. The average molecular weight is 564 g/mol. The number of methoxy groups -OCH3 is 5. The van der Waals surface area contributed by atoms with Crippen LogP contribution in [-0.4, -0.2) is 64.0 Å². The second-order valence-electron chi connectivity index (χ2n) is 10.3. The molecule has 4 atom stereocenters. The Hall–Kier alpha value is -4.15. The van der Waals surface area contributed by atoms with E-state index in [2.05, 4.69) is 10.9 Å². The summed E-state index contributed by atoms with van der Waals surface area (Å²) in [5.41, 5.74) is 10.1. The minimum Gasteiger partial charge on any atom is -0.508 e. The van der Waals surface area contributed by atoms with E-state index in [4.69, 9.17) is 23.7 Å². The molecule has 0 radical (unpaired) electrons. The van der Waals surface area contributed by atoms with Gasteiger partial charge in [0.1, 0.15) is 11.8 Å². The van der Waals surface area contributed by atoms with Crippen LogP contribution in [0.1, 0.15) is 34.3 Å². The van der Waals surface area contributed by atoms with Crippen molar-refractivity contribution in [1.82, 2.24) is 15.8 Å². The number of amides is 1. The molecular formula is C31H37N3O7. The maximum atomic E-state index is 14.0. The smallest absolute Gasteiger partial charge is 0.242 e. The third kappa shape index (κ3) is 5.09. The highest BCUT2D eigenvalue weighted by Crippen LogP contribution is 2.51. The molecule has 0 aliphatic carbocycles. The molecule has 218 valence electrons. The molecule has 1 amide bonds. The highest BCUT2D eigenvalue weighted by molar-refractivity contribution is 5.86. The number of phenolic OH excluding ortho intramolecular Hbond substituents is 1. The number of phenols is 1. The quantitative estimate of drug-likeness (QED) is 0.340. The number of benzene rings is 3. The Bertz CT molecular complexity index is 1400. The van der Waals surface area contributed by atoms with Gasteiger partial charge in [-0.05, 0) is 54.8 Å². The Kier molecular flexibility index (Phi) is 8.14. The van der Waals surface area contributed by atoms with Crippen molar-refractivity contribution in [1.29, 1.82) is 0 Å². The van der Waals surface area contributed by atoms with Gasteiger partial charge in [0, 0.05) is 18.0 Å². The summed E-state index contributed by atoms with van der Waals surface area (Å²) in [5.74, 6) is 2.67. The SMILES string of the molecule is COc1ccc(CCN2C(=O)C3NNC(c4cc(C)ccc4O)C3C2c2cc(OC)c(OC)c(OC)c2)cc1OC. The van der Waals surface area contributed by atoms with E-state index in [1.54, 1.807) is 41.6 Å². The van der Waals surface area contributed by atoms with Gasteiger partial charge in [-0.3, -0.25) is 4.79 Å². The number of aromatic hydroxyl groups is 1. The van der Waals surface area contributed by atoms with Gasteiger partial charge in [-0.15, -0.1) is 0 Å². The average Bonchev–Trinajstić information content (AvgIpc) is 3.54. The van der Waals surface area contributed by atoms with Crippen LogP contribution >= 0.6 is 0 Å². The van der Waals surface area contributed by atoms with Crippen LogP contribution in [0.3, 0.4) is 0 Å². The van der Waals surface area contributed by atoms with Crippen LogP contribution < -0.4 is 34.5 Å². The molecule has 5 rings (SSSR count). The third-order valence-electron chi connectivity index (χ3n) is 8.05. The molecular weight excluding hydrogens is 526 g/mol. The van der Waals surface area contributed by atoms with Crippen molar-refractivity contribution in [3.05, 3.63) is 70.8 Å². The second-order valence-corrected chi connectivity index (χ2v) is 10.3. The summed E-state index contributed by atoms with van der Waals surface area (Å²) >= 11 is 0. The van der Waals surface area contributed by atoms with E-state index in [0.29, 0.717) is 41.7 Å². The van der Waals surface area contributed by atoms with Crippen LogP contribution in [0.4, 0.5) is 0 Å². The molecule has 2 aliphatic heterocycles. The lowest BCUT2D eigenvalue weighted by molar-refractivity contribution is -0.130. The van der Waals surface area contributed by atoms with E-state index >= 15 is 0 Å². The summed E-state index contributed by atoms with van der Waals surface area (Å²) in [6.07, 6.45) is 0.597. The first kappa shape index (κ1) is 28.4. The van der Waals surface area contributed by atoms with Crippen LogP contribution in [0.5, 0.6) is 34.5 Å². The van der Waals surface area contributed by atoms with E-state index in [0.717, 1.165) is 22.3 Å². The van der Waals surface area contributed by atoms with Gasteiger partial charge in [0.05, 0.1) is 47.6 Å². The highest BCUT2D eigenvalue weighted by atomic mass is 16.5. The van der Waals surface area contributed by atoms with Crippen molar-refractivity contribution >= 4 is 5.91 Å². The molecule has 10 nitrogen and oxygen atoms in total. The molecule has 10 heteroatoms. The Morgan fingerprint density at radius 2 is 1.44 bits per heavy atom. The van der Waals surface area contributed by atoms with E-state index in [-0.39, 0.29) is 29.7 Å². The predicted molar refractivity (Wildman–Crippen MR) is 153 cm³/mol. The van der Waals surface area contributed by atoms with Crippen LogP contribution in [-0.2, 0) is 11.2 Å². The van der Waals surface area contributed by atoms with Gasteiger partial charge < -0.3 is 33.7 Å². The molecule has 0 bridgehead atoms. The summed E-state index contributed by atoms with van der Waals surface area (Å²) < 4.78 is 27.8. The number of carbonyl (C=O) groups is 1. The van der Waals surface area contributed by atoms with Gasteiger partial charge in [-0.1, -0.05) is 23.8 Å². The lowest BCUT2D eigenvalue weighted by atomic mass is 9.82. The summed E-state index contributed by atoms with van der Waals surface area (Å²) in [4.78, 5) is 15.9. The molecule has 2 aliphatic rings. The maximum Gasteiger partial charge on any atom is 0.242 e. The molecule has 0 aromatic heterocycles. The van der Waals surface area contributed by atoms with Crippen molar-refractivity contribution in [2.45, 2.75) is 31.5 Å². The molecule has 4 unspecified atom stereocenters. The number of fused-ring (bicyclic) bond motifs is 1. The fourth-order valence-corrected chi connectivity index (χ4v) is 6.10. The number of hydrogen-bond donors (Lipinski definition) is 3. The Morgan fingerprint density at radius 1 is 0.780 bits per heavy atom. The number of carbonyl (C=O) groups excluding carboxylic acids is 1. The fourth-order valence-electron chi connectivity index (χ4n) is 6.10. The minimum atomic E-state index is -0.505. The Labute approximate surface area is 240 Å². The number of ether oxygens (including phenoxy) is 5. The summed E-state index contributed by atoms with van der Waals surface area (Å²) in [5, 5.41) is 10.8. The molecule has 3 aromatic carbocycles. The van der Waals surface area contributed by atoms with Crippen molar-refractivity contribution < 1.29 is 33.6 Å². The fraction of sp³-hybridized carbons (Fsp3) is 0.387. The standard InChI is InChI=1S/C31H37N3O7/c1-17-7-9-21(35)20(13-17)27-26-28(33-32-27)31(36)34(12-11-18-8-10-22(37-2)23(14-18)38-3)29(26)19-15-24(39-4)30(41-6)25(16-19)40-5/h7-10,13-16,26-29,32-33,35H,11-12H2,1-6H3. The summed E-state index contributed by atoms with van der Waals surface area (Å²) in [7, 11) is 7.92. The van der Waals surface area contributed by atoms with Crippen molar-refractivity contribution in [3.63, 3.8) is 0 Å². The first-order valence-corrected chi connectivity index (χ1v) is 13.5. The number of nitrogens with zero attached hydrogens (tertiary/aromatic N) is 1. The lowest BCUT2D eigenvalue weighted by Crippen LogP contribution is -2.42. The molecule has 2 fully saturated rings. The van der Waals surface area contributed by atoms with Crippen molar-refractivity contribution in [2.75, 3.05) is 42.1 Å². The van der Waals surface area contributed by atoms with Gasteiger partial charge >= 0.3 is 0 Å². The highest BCUT2D eigenvalue weighted by Gasteiger charge is 2.56. The largest absolute Gasteiger partial charge is 0.508 e. The normalized spacial score (nSPS) is 21.5. The maximum absolute atomic E-state index is 14.0. The van der Waals surface area contributed by atoms with E-state index in [1.807, 2.05) is 54.3 Å². The molecule has 41 heavy (non-hydrogen) atoms. The van der Waals surface area contributed by atoms with Crippen LogP contribution in [0.25, 0.3) is 0 Å². The van der Waals surface area contributed by atoms with Gasteiger partial charge in [0.25, 0.3) is 0 Å². The van der Waals surface area contributed by atoms with Gasteiger partial charge in [0.15, 0.2) is 23.0 Å². The Morgan fingerprint density at radius 3 is 2.07 bits per heavy atom. The number of nitrogens with one attached hydrogen (secondary N) is 2. The predicted octanol–water partition coefficient (Wildman–Crippen LogP) is 3.70. The van der Waals surface area contributed by atoms with Crippen molar-refractivity contribution in [2.24, 2.45) is 5.92 Å². The molecule has 2 saturated heterocycles. The monoisotopic (exact) mass is 563 g/mol. The summed E-state index contributed by atoms with van der Waals surface area (Å²) in [6, 6.07) is 13.9. The van der Waals surface area contributed by atoms with E-state index in [1.165, 1.54) is 0 Å². The number of aryl methyl sites for hydroxylation is 1. The molecule has 3 aromatic rings. The third-order valence-corrected chi connectivity index (χ3v) is 8.05. The zero-order valence-corrected chi connectivity index (χ0v) is 24.2. The lowest BCUT2D eigenvalue weighted by Gasteiger charge is -2.32. The zero-order valence-electron chi connectivity index (χ0n) is 24.2. The number of likely N-dealkylation sites (tertiary alicyclic amines) is 1. The number of hydrazine groups is 1. The number of hydrogen-bond acceptors (Lipinski definition) is 9. The number of rotatable bonds is 10. The van der Waals surface area contributed by atoms with Crippen LogP contribution in [0.2, 0.25) is 0 Å². The van der Waals surface area contributed by atoms with Crippen molar-refractivity contribution in [3.8, 4) is 34.5 Å². The van der Waals surface area contributed by atoms with E-state index in [9.17, 15) is 9.90 Å². The van der Waals surface area contributed by atoms with Gasteiger partial charge in [0.2, 0.25) is 11.7 Å². The van der Waals surface area contributed by atoms with Gasteiger partial charge in [-0.25, -0.2) is 10.9 Å². The minimum absolute atomic E-state index is 0.0311. The molecule has 0 spiro atoms. The van der Waals surface area contributed by atoms with E-state index < -0.39 is 6.04 Å². The first-order chi connectivity index (χ1) is 19.8. The van der Waals surface area contributed by atoms with Crippen LogP contribution in [0.15, 0.2) is 48.5 Å².